The number of ether oxygens (including phenoxy) is 1. The molecule has 0 saturated heterocycles. The number of hydrogen-bond donors (Lipinski definition) is 0. The highest BCUT2D eigenvalue weighted by molar-refractivity contribution is 6.07. The van der Waals surface area contributed by atoms with Crippen molar-refractivity contribution in [1.82, 2.24) is 19.1 Å². The second kappa shape index (κ2) is 9.30. The molecule has 0 unspecified atom stereocenters. The van der Waals surface area contributed by atoms with Gasteiger partial charge in [-0.15, -0.1) is 0 Å². The number of pyridine rings is 1. The summed E-state index contributed by atoms with van der Waals surface area (Å²) in [5, 5.41) is 2.31. The van der Waals surface area contributed by atoms with Crippen molar-refractivity contribution in [3.05, 3.63) is 133 Å². The first-order chi connectivity index (χ1) is 19.2. The molecule has 188 valence electrons. The highest BCUT2D eigenvalue weighted by atomic mass is 16.5. The Hall–Kier alpha value is -5.16. The Morgan fingerprint density at radius 2 is 1.41 bits per heavy atom. The van der Waals surface area contributed by atoms with Crippen molar-refractivity contribution >= 4 is 21.9 Å². The number of nitrogens with zero attached hydrogens (tertiary/aromatic N) is 4. The first-order valence-electron chi connectivity index (χ1n) is 13.0. The zero-order valence-electron chi connectivity index (χ0n) is 21.7. The molecule has 0 atom stereocenters. The van der Waals surface area contributed by atoms with E-state index in [-0.39, 0.29) is 0 Å². The molecule has 0 aliphatic carbocycles. The summed E-state index contributed by atoms with van der Waals surface area (Å²) in [7, 11) is 0. The van der Waals surface area contributed by atoms with Crippen molar-refractivity contribution in [3.63, 3.8) is 0 Å². The molecular weight excluding hydrogens is 480 g/mol. The predicted octanol–water partition coefficient (Wildman–Crippen LogP) is 8.44. The average Bonchev–Trinajstić information content (AvgIpc) is 3.57. The fourth-order valence-corrected chi connectivity index (χ4v) is 5.41. The van der Waals surface area contributed by atoms with Crippen LogP contribution in [0.4, 0.5) is 0 Å². The maximum absolute atomic E-state index is 6.36. The van der Waals surface area contributed by atoms with Gasteiger partial charge in [-0.25, -0.2) is 9.97 Å². The molecule has 7 rings (SSSR count). The lowest BCUT2D eigenvalue weighted by molar-refractivity contribution is 0.482. The molecule has 5 nitrogen and oxygen atoms in total. The van der Waals surface area contributed by atoms with Gasteiger partial charge in [0.25, 0.3) is 0 Å². The first-order valence-corrected chi connectivity index (χ1v) is 13.0. The highest BCUT2D eigenvalue weighted by Crippen LogP contribution is 2.33. The summed E-state index contributed by atoms with van der Waals surface area (Å²) < 4.78 is 10.6. The fraction of sp³-hybridized carbons (Fsp3) is 0.0588. The molecule has 5 heteroatoms. The summed E-state index contributed by atoms with van der Waals surface area (Å²) >= 11 is 0. The lowest BCUT2D eigenvalue weighted by Gasteiger charge is -2.11. The van der Waals surface area contributed by atoms with Crippen LogP contribution in [0.5, 0.6) is 11.5 Å². The van der Waals surface area contributed by atoms with Crippen molar-refractivity contribution in [2.75, 3.05) is 0 Å². The van der Waals surface area contributed by atoms with Crippen molar-refractivity contribution in [3.8, 4) is 34.1 Å². The van der Waals surface area contributed by atoms with Crippen molar-refractivity contribution < 1.29 is 4.74 Å². The van der Waals surface area contributed by atoms with Gasteiger partial charge in [0.1, 0.15) is 17.1 Å². The van der Waals surface area contributed by atoms with E-state index in [1.807, 2.05) is 48.9 Å². The largest absolute Gasteiger partial charge is 0.457 e. The lowest BCUT2D eigenvalue weighted by atomic mass is 10.1. The van der Waals surface area contributed by atoms with Crippen LogP contribution in [-0.2, 0) is 0 Å². The summed E-state index contributed by atoms with van der Waals surface area (Å²) in [4.78, 5) is 9.40. The van der Waals surface area contributed by atoms with E-state index in [1.54, 1.807) is 0 Å². The summed E-state index contributed by atoms with van der Waals surface area (Å²) in [6.07, 6.45) is 5.79. The van der Waals surface area contributed by atoms with Gasteiger partial charge in [0.05, 0.1) is 28.9 Å². The van der Waals surface area contributed by atoms with Crippen LogP contribution in [0.3, 0.4) is 0 Å². The Kier molecular flexibility index (Phi) is 5.48. The molecule has 0 aliphatic rings. The molecular formula is C34H26N4O. The van der Waals surface area contributed by atoms with Gasteiger partial charge >= 0.3 is 0 Å². The van der Waals surface area contributed by atoms with E-state index in [4.69, 9.17) is 14.7 Å². The highest BCUT2D eigenvalue weighted by Gasteiger charge is 2.14. The minimum Gasteiger partial charge on any atom is -0.457 e. The third-order valence-electron chi connectivity index (χ3n) is 7.16. The van der Waals surface area contributed by atoms with Gasteiger partial charge < -0.3 is 9.30 Å². The number of fused-ring (bicyclic) bond motifs is 3. The lowest BCUT2D eigenvalue weighted by Crippen LogP contribution is -1.96. The van der Waals surface area contributed by atoms with Crippen LogP contribution in [0.15, 0.2) is 122 Å². The molecule has 0 amide bonds. The Morgan fingerprint density at radius 1 is 0.667 bits per heavy atom. The molecule has 39 heavy (non-hydrogen) atoms. The van der Waals surface area contributed by atoms with Crippen molar-refractivity contribution in [1.29, 1.82) is 0 Å². The summed E-state index contributed by atoms with van der Waals surface area (Å²) in [6, 6.07) is 35.0. The first kappa shape index (κ1) is 23.0. The zero-order chi connectivity index (χ0) is 26.3. The van der Waals surface area contributed by atoms with Gasteiger partial charge in [0.15, 0.2) is 0 Å². The Morgan fingerprint density at radius 3 is 2.28 bits per heavy atom. The van der Waals surface area contributed by atoms with Crippen LogP contribution < -0.4 is 4.74 Å². The third-order valence-corrected chi connectivity index (χ3v) is 7.16. The van der Waals surface area contributed by atoms with Gasteiger partial charge in [-0.3, -0.25) is 4.57 Å². The maximum Gasteiger partial charge on any atom is 0.145 e. The summed E-state index contributed by atoms with van der Waals surface area (Å²) in [5.74, 6) is 1.51. The van der Waals surface area contributed by atoms with Crippen LogP contribution in [-0.4, -0.2) is 19.1 Å². The van der Waals surface area contributed by atoms with Gasteiger partial charge in [0, 0.05) is 34.8 Å². The maximum atomic E-state index is 6.36. The SMILES string of the molecule is Cc1cccc(C)c1-n1cnc(-c2cccc(Oc3cccc(-n4c5ccccc5c5cccnc54)c3)c2)c1. The zero-order valence-corrected chi connectivity index (χ0v) is 21.7. The second-order valence-corrected chi connectivity index (χ2v) is 9.76. The molecule has 3 aromatic heterocycles. The van der Waals surface area contributed by atoms with Crippen molar-refractivity contribution in [2.45, 2.75) is 13.8 Å². The standard InChI is InChI=1S/C34H26N4O/c1-23-9-5-10-24(2)33(23)37-21-31(36-22-37)25-11-6-13-27(19-25)39-28-14-7-12-26(20-28)38-32-17-4-3-15-29(32)30-16-8-18-35-34(30)38/h3-22H,1-2H3. The van der Waals surface area contributed by atoms with Gasteiger partial charge in [-0.2, -0.15) is 0 Å². The molecule has 4 aromatic carbocycles. The topological polar surface area (TPSA) is 44.9 Å². The Bertz CT molecular complexity index is 1910. The van der Waals surface area contributed by atoms with Gasteiger partial charge in [0.2, 0.25) is 0 Å². The minimum atomic E-state index is 0.756. The quantitative estimate of drug-likeness (QED) is 0.235. The van der Waals surface area contributed by atoms with E-state index in [2.05, 4.69) is 95.9 Å². The summed E-state index contributed by atoms with van der Waals surface area (Å²) in [5.41, 5.74) is 8.54. The normalized spacial score (nSPS) is 11.3. The Labute approximate surface area is 226 Å². The van der Waals surface area contributed by atoms with E-state index in [0.29, 0.717) is 0 Å². The molecule has 0 N–H and O–H groups in total. The summed E-state index contributed by atoms with van der Waals surface area (Å²) in [6.45, 7) is 4.25. The number of aryl methyl sites for hydroxylation is 2. The smallest absolute Gasteiger partial charge is 0.145 e. The molecule has 7 aromatic rings. The van der Waals surface area contributed by atoms with E-state index >= 15 is 0 Å². The molecule has 0 radical (unpaired) electrons. The van der Waals surface area contributed by atoms with Crippen molar-refractivity contribution in [2.24, 2.45) is 0 Å². The van der Waals surface area contributed by atoms with Crippen LogP contribution in [0.2, 0.25) is 0 Å². The van der Waals surface area contributed by atoms with Crippen LogP contribution >= 0.6 is 0 Å². The number of benzene rings is 4. The number of hydrogen-bond acceptors (Lipinski definition) is 3. The molecule has 0 aliphatic heterocycles. The van der Waals surface area contributed by atoms with Gasteiger partial charge in [-0.1, -0.05) is 54.6 Å². The molecule has 0 saturated carbocycles. The van der Waals surface area contributed by atoms with Gasteiger partial charge in [-0.05, 0) is 67.4 Å². The molecule has 0 bridgehead atoms. The monoisotopic (exact) mass is 506 g/mol. The number of imidazole rings is 1. The average molecular weight is 507 g/mol. The van der Waals surface area contributed by atoms with Crippen LogP contribution in [0.1, 0.15) is 11.1 Å². The number of para-hydroxylation sites is 2. The number of aromatic nitrogens is 4. The predicted molar refractivity (Wildman–Crippen MR) is 157 cm³/mol. The van der Waals surface area contributed by atoms with E-state index < -0.39 is 0 Å². The fourth-order valence-electron chi connectivity index (χ4n) is 5.41. The van der Waals surface area contributed by atoms with Crippen LogP contribution in [0.25, 0.3) is 44.6 Å². The molecule has 0 fully saturated rings. The minimum absolute atomic E-state index is 0.756. The third kappa shape index (κ3) is 4.05. The van der Waals surface area contributed by atoms with E-state index in [0.717, 1.165) is 45.0 Å². The van der Waals surface area contributed by atoms with Crippen LogP contribution in [0, 0.1) is 13.8 Å². The number of rotatable bonds is 5. The second-order valence-electron chi connectivity index (χ2n) is 9.76. The van der Waals surface area contributed by atoms with E-state index in [9.17, 15) is 0 Å². The molecule has 3 heterocycles. The Balaban J connectivity index is 1.22. The van der Waals surface area contributed by atoms with E-state index in [1.165, 1.54) is 22.2 Å². The molecule has 0 spiro atoms.